The molecule has 214 valence electrons. The molecule has 8 bridgehead atoms. The number of carbonyl (C=O) groups excluding carboxylic acids is 1. The number of hydrogen-bond donors (Lipinski definition) is 5. The zero-order valence-electron chi connectivity index (χ0n) is 25.1. The van der Waals surface area contributed by atoms with Crippen LogP contribution in [-0.2, 0) is 22.4 Å². The van der Waals surface area contributed by atoms with E-state index in [0.717, 1.165) is 74.4 Å². The number of aromatic amines is 3. The number of aliphatic hydroxyl groups is 1. The average molecular weight is 553 g/mol. The van der Waals surface area contributed by atoms with Crippen LogP contribution in [0.25, 0.3) is 29.6 Å². The van der Waals surface area contributed by atoms with Crippen molar-refractivity contribution in [2.24, 2.45) is 11.8 Å². The Hall–Kier alpha value is -4.13. The van der Waals surface area contributed by atoms with Crippen LogP contribution in [0, 0.1) is 32.6 Å². The molecule has 5 heterocycles. The van der Waals surface area contributed by atoms with E-state index in [1.807, 2.05) is 6.08 Å². The second-order valence-electron chi connectivity index (χ2n) is 11.6. The molecule has 0 radical (unpaired) electrons. The number of aliphatic hydroxyl groups excluding tert-OH is 1. The van der Waals surface area contributed by atoms with E-state index in [9.17, 15) is 9.90 Å². The molecule has 1 aliphatic carbocycles. The number of nitrogens with one attached hydrogen (secondary N) is 4. The van der Waals surface area contributed by atoms with E-state index in [0.29, 0.717) is 12.8 Å². The van der Waals surface area contributed by atoms with Crippen molar-refractivity contribution < 1.29 is 14.6 Å². The van der Waals surface area contributed by atoms with Crippen LogP contribution in [0.5, 0.6) is 0 Å². The number of hydrogen-bond acceptors (Lipinski definition) is 4. The van der Waals surface area contributed by atoms with Crippen LogP contribution < -0.4 is 16.0 Å². The smallest absolute Gasteiger partial charge is 0.305 e. The molecular formula is C34H40N4O3. The van der Waals surface area contributed by atoms with E-state index in [1.165, 1.54) is 29.4 Å². The molecule has 0 saturated carbocycles. The molecule has 7 nitrogen and oxygen atoms in total. The standard InChI is InChI=1S/C34H40N4O3/c1-8-20-16(3)24-13-26-18(5)22(10-11-31(40)41-7)33(37-26)23-12-30(39)32-19(6)27(38-34(23)32)15-29-21(9-2)17(4)25(36-29)14-28(20)35-24/h12-15,18,22,35-39H,8-11H2,1-7H3/b25-14-,26-13-,29-15-,33-23-/t18-,22-/m0/s1. The van der Waals surface area contributed by atoms with Crippen LogP contribution in [0.2, 0.25) is 0 Å². The van der Waals surface area contributed by atoms with Gasteiger partial charge in [-0.05, 0) is 92.2 Å². The fourth-order valence-corrected chi connectivity index (χ4v) is 7.05. The molecule has 7 heteroatoms. The molecule has 3 aromatic heterocycles. The van der Waals surface area contributed by atoms with Gasteiger partial charge in [0.1, 0.15) is 5.76 Å². The monoisotopic (exact) mass is 552 g/mol. The summed E-state index contributed by atoms with van der Waals surface area (Å²) >= 11 is 0. The highest BCUT2D eigenvalue weighted by Gasteiger charge is 2.37. The zero-order chi connectivity index (χ0) is 29.2. The van der Waals surface area contributed by atoms with Gasteiger partial charge in [0.05, 0.1) is 12.8 Å². The summed E-state index contributed by atoms with van der Waals surface area (Å²) in [6, 6.07) is 0. The minimum Gasteiger partial charge on any atom is -0.507 e. The summed E-state index contributed by atoms with van der Waals surface area (Å²) in [6.07, 6.45) is 11.3. The molecule has 2 atom stereocenters. The van der Waals surface area contributed by atoms with Crippen molar-refractivity contribution in [3.8, 4) is 0 Å². The predicted molar refractivity (Wildman–Crippen MR) is 164 cm³/mol. The molecule has 5 N–H and O–H groups in total. The highest BCUT2D eigenvalue weighted by molar-refractivity contribution is 5.96. The van der Waals surface area contributed by atoms with Crippen molar-refractivity contribution in [2.45, 2.75) is 67.2 Å². The van der Waals surface area contributed by atoms with Crippen molar-refractivity contribution in [3.63, 3.8) is 0 Å². The Kier molecular flexibility index (Phi) is 6.63. The molecule has 41 heavy (non-hydrogen) atoms. The topological polar surface area (TPSA) is 106 Å². The maximum Gasteiger partial charge on any atom is 0.305 e. The largest absolute Gasteiger partial charge is 0.507 e. The summed E-state index contributed by atoms with van der Waals surface area (Å²) in [4.78, 5) is 23.3. The summed E-state index contributed by atoms with van der Waals surface area (Å²) in [7, 11) is 1.44. The normalized spacial score (nSPS) is 23.7. The molecule has 0 unspecified atom stereocenters. The highest BCUT2D eigenvalue weighted by atomic mass is 16.5. The van der Waals surface area contributed by atoms with Crippen LogP contribution in [-0.4, -0.2) is 33.1 Å². The lowest BCUT2D eigenvalue weighted by molar-refractivity contribution is -0.140. The quantitative estimate of drug-likeness (QED) is 0.282. The molecule has 3 aromatic rings. The van der Waals surface area contributed by atoms with Gasteiger partial charge in [-0.25, -0.2) is 0 Å². The minimum atomic E-state index is -0.212. The lowest BCUT2D eigenvalue weighted by Crippen LogP contribution is -2.13. The van der Waals surface area contributed by atoms with Crippen molar-refractivity contribution in [1.82, 2.24) is 20.3 Å². The number of rotatable bonds is 5. The number of esters is 1. The molecule has 0 spiro atoms. The van der Waals surface area contributed by atoms with Gasteiger partial charge in [-0.1, -0.05) is 20.8 Å². The Balaban J connectivity index is 1.67. The first-order valence-electron chi connectivity index (χ1n) is 14.7. The maximum absolute atomic E-state index is 12.2. The van der Waals surface area contributed by atoms with Gasteiger partial charge in [-0.3, -0.25) is 4.79 Å². The number of methoxy groups -OCH3 is 1. The van der Waals surface area contributed by atoms with E-state index < -0.39 is 0 Å². The Labute approximate surface area is 240 Å². The minimum absolute atomic E-state index is 0.0592. The first kappa shape index (κ1) is 27.1. The van der Waals surface area contributed by atoms with Crippen LogP contribution in [0.15, 0.2) is 17.5 Å². The maximum atomic E-state index is 12.2. The summed E-state index contributed by atoms with van der Waals surface area (Å²) in [5.74, 6) is 0.250. The van der Waals surface area contributed by atoms with Crippen molar-refractivity contribution in [3.05, 3.63) is 84.3 Å². The van der Waals surface area contributed by atoms with E-state index in [-0.39, 0.29) is 23.6 Å². The van der Waals surface area contributed by atoms with Crippen LogP contribution in [0.4, 0.5) is 0 Å². The number of aromatic nitrogens is 3. The Morgan fingerprint density at radius 1 is 0.878 bits per heavy atom. The van der Waals surface area contributed by atoms with Gasteiger partial charge in [0.15, 0.2) is 0 Å². The lowest BCUT2D eigenvalue weighted by Gasteiger charge is -2.16. The lowest BCUT2D eigenvalue weighted by atomic mass is 9.87. The highest BCUT2D eigenvalue weighted by Crippen LogP contribution is 2.46. The Morgan fingerprint density at radius 3 is 2.29 bits per heavy atom. The van der Waals surface area contributed by atoms with Gasteiger partial charge in [0.2, 0.25) is 0 Å². The van der Waals surface area contributed by atoms with Gasteiger partial charge >= 0.3 is 5.97 Å². The SMILES string of the molecule is CCc1c2[nH]c(c1C)/C=C1\N/C(=C3/C=C(O)c4c3[nH]c(c4C)/C=c3\[nH]/c(c(C)c3CC)=C\2)[C@@H](CCC(=O)OC)[C@@H]1C. The molecule has 0 aromatic carbocycles. The van der Waals surface area contributed by atoms with E-state index in [4.69, 9.17) is 4.74 Å². The van der Waals surface area contributed by atoms with Crippen molar-refractivity contribution in [2.75, 3.05) is 7.11 Å². The number of allylic oxidation sites excluding steroid dienone is 4. The second-order valence-corrected chi connectivity index (χ2v) is 11.6. The van der Waals surface area contributed by atoms with Crippen LogP contribution in [0.3, 0.4) is 0 Å². The third kappa shape index (κ3) is 4.21. The Morgan fingerprint density at radius 2 is 1.59 bits per heavy atom. The summed E-state index contributed by atoms with van der Waals surface area (Å²) < 4.78 is 4.98. The molecule has 6 rings (SSSR count). The summed E-state index contributed by atoms with van der Waals surface area (Å²) in [6.45, 7) is 13.0. The van der Waals surface area contributed by atoms with Gasteiger partial charge in [0.25, 0.3) is 0 Å². The molecular weight excluding hydrogens is 512 g/mol. The summed E-state index contributed by atoms with van der Waals surface area (Å²) in [5, 5.41) is 17.1. The van der Waals surface area contributed by atoms with Crippen LogP contribution in [0.1, 0.15) is 89.8 Å². The second kappa shape index (κ2) is 10.1. The Bertz CT molecular complexity index is 1800. The predicted octanol–water partition coefficient (Wildman–Crippen LogP) is 5.17. The number of fused-ring (bicyclic) bond motifs is 7. The van der Waals surface area contributed by atoms with Crippen molar-refractivity contribution >= 4 is 35.5 Å². The van der Waals surface area contributed by atoms with E-state index >= 15 is 0 Å². The van der Waals surface area contributed by atoms with Crippen molar-refractivity contribution in [1.29, 1.82) is 0 Å². The number of H-pyrrole nitrogens is 3. The first-order valence-corrected chi connectivity index (χ1v) is 14.7. The molecule has 3 aliphatic rings. The van der Waals surface area contributed by atoms with Crippen LogP contribution >= 0.6 is 0 Å². The third-order valence-electron chi connectivity index (χ3n) is 9.50. The number of carbonyl (C=O) groups is 1. The van der Waals surface area contributed by atoms with E-state index in [2.05, 4.69) is 80.0 Å². The molecule has 1 saturated heterocycles. The third-order valence-corrected chi connectivity index (χ3v) is 9.50. The molecule has 0 amide bonds. The van der Waals surface area contributed by atoms with E-state index in [1.54, 1.807) is 0 Å². The van der Waals surface area contributed by atoms with Gasteiger partial charge in [-0.15, -0.1) is 0 Å². The molecule has 2 aliphatic heterocycles. The van der Waals surface area contributed by atoms with Gasteiger partial charge in [-0.2, -0.15) is 0 Å². The number of ether oxygens (including phenoxy) is 1. The van der Waals surface area contributed by atoms with Gasteiger partial charge in [0, 0.05) is 68.6 Å². The van der Waals surface area contributed by atoms with Gasteiger partial charge < -0.3 is 30.1 Å². The molecule has 1 fully saturated rings. The zero-order valence-corrected chi connectivity index (χ0v) is 25.1. The fraction of sp³-hybridized carbons (Fsp3) is 0.382. The first-order chi connectivity index (χ1) is 19.7. The summed E-state index contributed by atoms with van der Waals surface area (Å²) in [5.41, 5.74) is 14.1. The fourth-order valence-electron chi connectivity index (χ4n) is 7.05. The average Bonchev–Trinajstić information content (AvgIpc) is 3.70.